The van der Waals surface area contributed by atoms with Crippen molar-refractivity contribution in [2.75, 3.05) is 50.9 Å². The summed E-state index contributed by atoms with van der Waals surface area (Å²) in [6.07, 6.45) is 4.58. The minimum absolute atomic E-state index is 0.0757. The van der Waals surface area contributed by atoms with E-state index in [9.17, 15) is 4.79 Å². The molecule has 68 heavy (non-hydrogen) atoms. The highest BCUT2D eigenvalue weighted by Gasteiger charge is 2.33. The number of para-hydroxylation sites is 1. The number of ether oxygens (including phenoxy) is 2. The molecule has 0 saturated carbocycles. The summed E-state index contributed by atoms with van der Waals surface area (Å²) >= 11 is 0. The van der Waals surface area contributed by atoms with Crippen LogP contribution in [0.2, 0.25) is 0 Å². The van der Waals surface area contributed by atoms with Crippen LogP contribution in [0.25, 0.3) is 22.3 Å². The Morgan fingerprint density at radius 3 is 2.40 bits per heavy atom. The number of fused-ring (bicyclic) bond motifs is 3. The second-order valence-corrected chi connectivity index (χ2v) is 18.2. The zero-order chi connectivity index (χ0) is 47.1. The molecule has 0 N–H and O–H groups in total. The van der Waals surface area contributed by atoms with Crippen LogP contribution in [0.3, 0.4) is 0 Å². The van der Waals surface area contributed by atoms with Gasteiger partial charge in [-0.1, -0.05) is 48.5 Å². The fourth-order valence-electron chi connectivity index (χ4n) is 9.88. The van der Waals surface area contributed by atoms with E-state index < -0.39 is 5.82 Å². The van der Waals surface area contributed by atoms with Gasteiger partial charge in [0, 0.05) is 99.1 Å². The molecule has 3 aliphatic heterocycles. The number of carbonyl (C=O) groups is 3. The van der Waals surface area contributed by atoms with Gasteiger partial charge in [0.1, 0.15) is 18.2 Å². The molecule has 1 fully saturated rings. The Kier molecular flexibility index (Phi) is 12.4. The number of pyridine rings is 1. The highest BCUT2D eigenvalue weighted by atomic mass is 19.1. The van der Waals surface area contributed by atoms with E-state index in [1.807, 2.05) is 91.1 Å². The van der Waals surface area contributed by atoms with Gasteiger partial charge in [-0.3, -0.25) is 28.9 Å². The van der Waals surface area contributed by atoms with Gasteiger partial charge in [-0.15, -0.1) is 0 Å². The van der Waals surface area contributed by atoms with Crippen molar-refractivity contribution < 1.29 is 28.2 Å². The molecule has 0 unspecified atom stereocenters. The standard InChI is InChI=1S/C54H55FN8O5/c1-35-24-37-10-8-9-11-40(37)34-62(35)53(65)48-27-42-33-61(51(64)28-39-14-15-45(29-49(39)55)68-23-20-60-18-21-67-22-19-60)17-16-38(42)26-47(48)50-30-46(36(2)58(50)3)54(66)63(43-12-6-5-7-13-43)44-25-41-31-57-59(4)52(41)56-32-44/h5-15,25-27,29-32,35H,16-24,28,33-34H2,1-4H3/t35-/m1/s1. The predicted molar refractivity (Wildman–Crippen MR) is 258 cm³/mol. The van der Waals surface area contributed by atoms with Gasteiger partial charge in [0.05, 0.1) is 43.3 Å². The van der Waals surface area contributed by atoms with Crippen molar-refractivity contribution in [3.63, 3.8) is 0 Å². The molecule has 14 heteroatoms. The van der Waals surface area contributed by atoms with E-state index in [-0.39, 0.29) is 36.7 Å². The van der Waals surface area contributed by atoms with Gasteiger partial charge in [0.2, 0.25) is 5.91 Å². The molecule has 3 aromatic heterocycles. The van der Waals surface area contributed by atoms with Crippen LogP contribution in [0.15, 0.2) is 109 Å². The summed E-state index contributed by atoms with van der Waals surface area (Å²) in [7, 11) is 3.76. The lowest BCUT2D eigenvalue weighted by Gasteiger charge is -2.36. The van der Waals surface area contributed by atoms with Crippen LogP contribution in [-0.4, -0.2) is 104 Å². The lowest BCUT2D eigenvalue weighted by atomic mass is 9.89. The molecule has 0 radical (unpaired) electrons. The molecule has 0 aliphatic carbocycles. The maximum absolute atomic E-state index is 15.5. The number of benzene rings is 4. The Hall–Kier alpha value is -7.16. The molecule has 4 aromatic carbocycles. The molecule has 1 saturated heterocycles. The van der Waals surface area contributed by atoms with Crippen LogP contribution in [0.1, 0.15) is 61.2 Å². The summed E-state index contributed by atoms with van der Waals surface area (Å²) in [5.41, 5.74) is 9.63. The van der Waals surface area contributed by atoms with Gasteiger partial charge >= 0.3 is 0 Å². The van der Waals surface area contributed by atoms with Gasteiger partial charge in [0.15, 0.2) is 5.65 Å². The third-order valence-corrected chi connectivity index (χ3v) is 13.9. The summed E-state index contributed by atoms with van der Waals surface area (Å²) in [6.45, 7) is 9.41. The van der Waals surface area contributed by atoms with Crippen molar-refractivity contribution in [2.45, 2.75) is 52.2 Å². The first-order valence-electron chi connectivity index (χ1n) is 23.4. The quantitative estimate of drug-likeness (QED) is 0.129. The van der Waals surface area contributed by atoms with Crippen LogP contribution >= 0.6 is 0 Å². The van der Waals surface area contributed by atoms with Gasteiger partial charge in [-0.2, -0.15) is 5.10 Å². The van der Waals surface area contributed by atoms with Crippen LogP contribution in [0, 0.1) is 12.7 Å². The first-order chi connectivity index (χ1) is 33.0. The first kappa shape index (κ1) is 44.7. The van der Waals surface area contributed by atoms with Crippen molar-refractivity contribution in [1.82, 2.24) is 34.0 Å². The molecule has 1 atom stereocenters. The van der Waals surface area contributed by atoms with Gasteiger partial charge in [-0.25, -0.2) is 9.37 Å². The second kappa shape index (κ2) is 18.8. The number of aromatic nitrogens is 4. The van der Waals surface area contributed by atoms with E-state index in [0.29, 0.717) is 84.4 Å². The monoisotopic (exact) mass is 914 g/mol. The van der Waals surface area contributed by atoms with Crippen LogP contribution in [-0.2, 0) is 56.0 Å². The molecule has 0 spiro atoms. The topological polar surface area (TPSA) is 118 Å². The Morgan fingerprint density at radius 1 is 0.824 bits per heavy atom. The number of nitrogens with zero attached hydrogens (tertiary/aromatic N) is 8. The lowest BCUT2D eigenvalue weighted by molar-refractivity contribution is -0.131. The minimum atomic E-state index is -0.483. The number of hydrogen-bond acceptors (Lipinski definition) is 8. The number of hydrogen-bond donors (Lipinski definition) is 0. The van der Waals surface area contributed by atoms with Crippen LogP contribution < -0.4 is 9.64 Å². The molecular weight excluding hydrogens is 860 g/mol. The molecule has 3 aliphatic rings. The summed E-state index contributed by atoms with van der Waals surface area (Å²) < 4.78 is 30.4. The third-order valence-electron chi connectivity index (χ3n) is 13.9. The number of anilines is 2. The average molecular weight is 915 g/mol. The number of halogens is 1. The molecule has 7 aromatic rings. The summed E-state index contributed by atoms with van der Waals surface area (Å²) in [6, 6.07) is 30.2. The highest BCUT2D eigenvalue weighted by molar-refractivity contribution is 6.13. The third kappa shape index (κ3) is 8.77. The fourth-order valence-corrected chi connectivity index (χ4v) is 9.88. The Bertz CT molecular complexity index is 3050. The van der Waals surface area contributed by atoms with Crippen molar-refractivity contribution in [3.05, 3.63) is 160 Å². The Labute approximate surface area is 395 Å². The van der Waals surface area contributed by atoms with E-state index in [1.165, 1.54) is 11.6 Å². The fraction of sp³-hybridized carbons (Fsp3) is 0.315. The molecule has 13 nitrogen and oxygen atoms in total. The summed E-state index contributed by atoms with van der Waals surface area (Å²) in [4.78, 5) is 56.4. The maximum Gasteiger partial charge on any atom is 0.264 e. The SMILES string of the molecule is Cc1c(C(=O)N(c2ccccc2)c2cnc3c(cnn3C)c2)cc(-c2cc3c(cc2C(=O)N2Cc4ccccc4C[C@H]2C)CN(C(=O)Cc2ccc(OCCN4CCOCC4)cc2F)CC3)n1C. The lowest BCUT2D eigenvalue weighted by Crippen LogP contribution is -2.43. The van der Waals surface area contributed by atoms with Crippen LogP contribution in [0.4, 0.5) is 15.8 Å². The Morgan fingerprint density at radius 2 is 1.60 bits per heavy atom. The molecular formula is C54H55FN8O5. The summed E-state index contributed by atoms with van der Waals surface area (Å²) in [5, 5.41) is 5.17. The second-order valence-electron chi connectivity index (χ2n) is 18.2. The average Bonchev–Trinajstić information content (AvgIpc) is 3.88. The molecule has 348 valence electrons. The number of morpholine rings is 1. The molecule has 0 bridgehead atoms. The molecule has 6 heterocycles. The van der Waals surface area contributed by atoms with E-state index in [2.05, 4.69) is 40.1 Å². The van der Waals surface area contributed by atoms with E-state index in [0.717, 1.165) is 59.5 Å². The van der Waals surface area contributed by atoms with Crippen molar-refractivity contribution in [3.8, 4) is 17.0 Å². The summed E-state index contributed by atoms with van der Waals surface area (Å²) in [5.74, 6) is -0.629. The van der Waals surface area contributed by atoms with Gasteiger partial charge < -0.3 is 23.8 Å². The van der Waals surface area contributed by atoms with Crippen LogP contribution in [0.5, 0.6) is 5.75 Å². The van der Waals surface area contributed by atoms with Crippen molar-refractivity contribution >= 4 is 40.1 Å². The van der Waals surface area contributed by atoms with Crippen molar-refractivity contribution in [2.24, 2.45) is 14.1 Å². The number of aryl methyl sites for hydroxylation is 1. The maximum atomic E-state index is 15.5. The van der Waals surface area contributed by atoms with E-state index in [1.54, 1.807) is 39.0 Å². The normalized spacial score (nSPS) is 16.1. The highest BCUT2D eigenvalue weighted by Crippen LogP contribution is 2.37. The van der Waals surface area contributed by atoms with E-state index >= 15 is 14.0 Å². The zero-order valence-corrected chi connectivity index (χ0v) is 39.0. The van der Waals surface area contributed by atoms with Gasteiger partial charge in [0.25, 0.3) is 11.8 Å². The smallest absolute Gasteiger partial charge is 0.264 e. The molecule has 3 amide bonds. The van der Waals surface area contributed by atoms with E-state index in [4.69, 9.17) is 9.47 Å². The van der Waals surface area contributed by atoms with Gasteiger partial charge in [-0.05, 0) is 97.0 Å². The molecule has 10 rings (SSSR count). The first-order valence-corrected chi connectivity index (χ1v) is 23.4. The van der Waals surface area contributed by atoms with Crippen molar-refractivity contribution in [1.29, 1.82) is 0 Å². The Balaban J connectivity index is 0.959. The number of amides is 3. The number of carbonyl (C=O) groups excluding carboxylic acids is 3. The minimum Gasteiger partial charge on any atom is -0.492 e. The largest absolute Gasteiger partial charge is 0.492 e. The number of rotatable bonds is 11. The predicted octanol–water partition coefficient (Wildman–Crippen LogP) is 7.83. The zero-order valence-electron chi connectivity index (χ0n) is 39.0.